The van der Waals surface area contributed by atoms with Crippen molar-refractivity contribution in [3.05, 3.63) is 48.5 Å². The normalized spacial score (nSPS) is 21.5. The lowest BCUT2D eigenvalue weighted by Gasteiger charge is -2.42. The minimum absolute atomic E-state index is 0.0537. The molecule has 1 aromatic carbocycles. The molecule has 3 heterocycles. The number of aromatic nitrogens is 2. The molecule has 1 amide bonds. The SMILES string of the molecule is O=C1COC(COc2ccc(F)cc2)CN1C1CCN(CCn2cccn2)CC1. The molecule has 1 atom stereocenters. The maximum absolute atomic E-state index is 13.0. The summed E-state index contributed by atoms with van der Waals surface area (Å²) in [7, 11) is 0. The topological polar surface area (TPSA) is 59.8 Å². The Morgan fingerprint density at radius 3 is 2.69 bits per heavy atom. The molecule has 7 nitrogen and oxygen atoms in total. The predicted octanol–water partition coefficient (Wildman–Crippen LogP) is 1.79. The van der Waals surface area contributed by atoms with Crippen molar-refractivity contribution in [2.75, 3.05) is 39.4 Å². The van der Waals surface area contributed by atoms with E-state index in [0.717, 1.165) is 39.0 Å². The van der Waals surface area contributed by atoms with E-state index in [4.69, 9.17) is 9.47 Å². The van der Waals surface area contributed by atoms with E-state index in [2.05, 4.69) is 10.00 Å². The van der Waals surface area contributed by atoms with Crippen molar-refractivity contribution in [3.8, 4) is 5.75 Å². The molecule has 2 fully saturated rings. The lowest BCUT2D eigenvalue weighted by Crippen LogP contribution is -2.55. The molecule has 0 N–H and O–H groups in total. The fraction of sp³-hybridized carbons (Fsp3) is 0.524. The van der Waals surface area contributed by atoms with Gasteiger partial charge in [0, 0.05) is 38.1 Å². The molecule has 156 valence electrons. The Balaban J connectivity index is 1.23. The number of hydrogen-bond acceptors (Lipinski definition) is 5. The van der Waals surface area contributed by atoms with Crippen LogP contribution in [-0.4, -0.2) is 77.0 Å². The number of amides is 1. The number of rotatable bonds is 7. The maximum atomic E-state index is 13.0. The van der Waals surface area contributed by atoms with Gasteiger partial charge in [0.05, 0.1) is 13.1 Å². The number of ether oxygens (including phenoxy) is 2. The summed E-state index contributed by atoms with van der Waals surface area (Å²) in [6, 6.07) is 8.12. The van der Waals surface area contributed by atoms with Crippen molar-refractivity contribution in [2.45, 2.75) is 31.5 Å². The summed E-state index contributed by atoms with van der Waals surface area (Å²) in [5.74, 6) is 0.362. The standard InChI is InChI=1S/C21H27FN4O3/c22-17-2-4-19(5-3-17)28-15-20-14-26(21(27)16-29-20)18-6-10-24(11-7-18)12-13-25-9-1-8-23-25/h1-5,8-9,18,20H,6-7,10-16H2. The predicted molar refractivity (Wildman–Crippen MR) is 105 cm³/mol. The van der Waals surface area contributed by atoms with Crippen LogP contribution in [0.3, 0.4) is 0 Å². The highest BCUT2D eigenvalue weighted by molar-refractivity contribution is 5.78. The zero-order valence-corrected chi connectivity index (χ0v) is 16.5. The van der Waals surface area contributed by atoms with Crippen LogP contribution in [0.15, 0.2) is 42.7 Å². The fourth-order valence-electron chi connectivity index (χ4n) is 3.95. The summed E-state index contributed by atoms with van der Waals surface area (Å²) in [5, 5.41) is 4.24. The molecule has 29 heavy (non-hydrogen) atoms. The van der Waals surface area contributed by atoms with E-state index >= 15 is 0 Å². The Kier molecular flexibility index (Phi) is 6.41. The van der Waals surface area contributed by atoms with E-state index in [1.807, 2.05) is 21.8 Å². The van der Waals surface area contributed by atoms with Crippen LogP contribution in [0.5, 0.6) is 5.75 Å². The Morgan fingerprint density at radius 1 is 1.17 bits per heavy atom. The fourth-order valence-corrected chi connectivity index (χ4v) is 3.95. The summed E-state index contributed by atoms with van der Waals surface area (Å²) < 4.78 is 26.3. The molecule has 4 rings (SSSR count). The second kappa shape index (κ2) is 9.37. The third-order valence-electron chi connectivity index (χ3n) is 5.62. The Labute approximate surface area is 170 Å². The van der Waals surface area contributed by atoms with Gasteiger partial charge in [0.2, 0.25) is 5.91 Å². The first kappa shape index (κ1) is 19.8. The molecule has 8 heteroatoms. The van der Waals surface area contributed by atoms with Crippen molar-refractivity contribution in [1.82, 2.24) is 19.6 Å². The molecule has 2 aromatic rings. The number of halogens is 1. The van der Waals surface area contributed by atoms with Gasteiger partial charge in [-0.25, -0.2) is 4.39 Å². The first-order chi connectivity index (χ1) is 14.2. The molecule has 0 saturated carbocycles. The third kappa shape index (κ3) is 5.33. The number of piperidine rings is 1. The number of likely N-dealkylation sites (tertiary alicyclic amines) is 1. The van der Waals surface area contributed by atoms with E-state index in [0.29, 0.717) is 18.9 Å². The highest BCUT2D eigenvalue weighted by Gasteiger charge is 2.33. The van der Waals surface area contributed by atoms with E-state index in [9.17, 15) is 9.18 Å². The molecule has 1 unspecified atom stereocenters. The van der Waals surface area contributed by atoms with Crippen LogP contribution < -0.4 is 4.74 Å². The van der Waals surface area contributed by atoms with Gasteiger partial charge in [-0.05, 0) is 43.2 Å². The van der Waals surface area contributed by atoms with E-state index < -0.39 is 0 Å². The van der Waals surface area contributed by atoms with Crippen LogP contribution >= 0.6 is 0 Å². The summed E-state index contributed by atoms with van der Waals surface area (Å²) in [6.45, 7) is 4.80. The molecular weight excluding hydrogens is 375 g/mol. The van der Waals surface area contributed by atoms with Crippen molar-refractivity contribution < 1.29 is 18.7 Å². The van der Waals surface area contributed by atoms with Gasteiger partial charge in [0.15, 0.2) is 0 Å². The number of hydrogen-bond donors (Lipinski definition) is 0. The number of benzene rings is 1. The van der Waals surface area contributed by atoms with Crippen molar-refractivity contribution in [3.63, 3.8) is 0 Å². The van der Waals surface area contributed by atoms with Crippen LogP contribution in [0.1, 0.15) is 12.8 Å². The van der Waals surface area contributed by atoms with Crippen molar-refractivity contribution in [1.29, 1.82) is 0 Å². The van der Waals surface area contributed by atoms with Gasteiger partial charge in [-0.3, -0.25) is 9.48 Å². The van der Waals surface area contributed by atoms with Gasteiger partial charge in [-0.15, -0.1) is 0 Å². The van der Waals surface area contributed by atoms with Crippen LogP contribution in [0.25, 0.3) is 0 Å². The molecule has 0 aliphatic carbocycles. The summed E-state index contributed by atoms with van der Waals surface area (Å²) in [5.41, 5.74) is 0. The second-order valence-corrected chi connectivity index (χ2v) is 7.59. The second-order valence-electron chi connectivity index (χ2n) is 7.59. The first-order valence-corrected chi connectivity index (χ1v) is 10.2. The van der Waals surface area contributed by atoms with Gasteiger partial charge in [0.25, 0.3) is 0 Å². The van der Waals surface area contributed by atoms with Crippen LogP contribution in [0, 0.1) is 5.82 Å². The Bertz CT molecular complexity index is 776. The molecule has 1 aromatic heterocycles. The average molecular weight is 402 g/mol. The molecule has 0 bridgehead atoms. The lowest BCUT2D eigenvalue weighted by molar-refractivity contribution is -0.155. The van der Waals surface area contributed by atoms with Gasteiger partial charge in [-0.2, -0.15) is 5.10 Å². The summed E-state index contributed by atoms with van der Waals surface area (Å²) in [4.78, 5) is 16.8. The molecule has 0 radical (unpaired) electrons. The van der Waals surface area contributed by atoms with E-state index in [1.54, 1.807) is 18.3 Å². The number of carbonyl (C=O) groups is 1. The largest absolute Gasteiger partial charge is 0.491 e. The number of morpholine rings is 1. The van der Waals surface area contributed by atoms with Gasteiger partial charge in [0.1, 0.15) is 30.9 Å². The van der Waals surface area contributed by atoms with Gasteiger partial charge >= 0.3 is 0 Å². The third-order valence-corrected chi connectivity index (χ3v) is 5.62. The zero-order chi connectivity index (χ0) is 20.1. The Morgan fingerprint density at radius 2 is 1.97 bits per heavy atom. The highest BCUT2D eigenvalue weighted by Crippen LogP contribution is 2.21. The summed E-state index contributed by atoms with van der Waals surface area (Å²) >= 11 is 0. The smallest absolute Gasteiger partial charge is 0.248 e. The zero-order valence-electron chi connectivity index (χ0n) is 16.5. The van der Waals surface area contributed by atoms with E-state index in [-0.39, 0.29) is 30.5 Å². The van der Waals surface area contributed by atoms with E-state index in [1.165, 1.54) is 12.1 Å². The van der Waals surface area contributed by atoms with Crippen molar-refractivity contribution >= 4 is 5.91 Å². The van der Waals surface area contributed by atoms with Crippen molar-refractivity contribution in [2.24, 2.45) is 0 Å². The molecule has 2 aliphatic heterocycles. The maximum Gasteiger partial charge on any atom is 0.248 e. The molecular formula is C21H27FN4O3. The van der Waals surface area contributed by atoms with Crippen LogP contribution in [-0.2, 0) is 16.1 Å². The van der Waals surface area contributed by atoms with Gasteiger partial charge in [-0.1, -0.05) is 0 Å². The molecule has 2 aliphatic rings. The number of carbonyl (C=O) groups excluding carboxylic acids is 1. The summed E-state index contributed by atoms with van der Waals surface area (Å²) in [6.07, 6.45) is 5.54. The monoisotopic (exact) mass is 402 g/mol. The average Bonchev–Trinajstić information content (AvgIpc) is 3.27. The van der Waals surface area contributed by atoms with Gasteiger partial charge < -0.3 is 19.3 Å². The molecule has 2 saturated heterocycles. The highest BCUT2D eigenvalue weighted by atomic mass is 19.1. The minimum Gasteiger partial charge on any atom is -0.491 e. The minimum atomic E-state index is -0.293. The number of nitrogens with zero attached hydrogens (tertiary/aromatic N) is 4. The lowest BCUT2D eigenvalue weighted by atomic mass is 10.0. The van der Waals surface area contributed by atoms with Crippen LogP contribution in [0.4, 0.5) is 4.39 Å². The molecule has 0 spiro atoms. The first-order valence-electron chi connectivity index (χ1n) is 10.2. The quantitative estimate of drug-likeness (QED) is 0.707. The van der Waals surface area contributed by atoms with Crippen LogP contribution in [0.2, 0.25) is 0 Å². The Hall–Kier alpha value is -2.45.